The van der Waals surface area contributed by atoms with Gasteiger partial charge in [0.2, 0.25) is 0 Å². The zero-order valence-corrected chi connectivity index (χ0v) is 10.1. The molecular weight excluding hydrogens is 164 g/mol. The van der Waals surface area contributed by atoms with Crippen molar-refractivity contribution in [2.24, 2.45) is 5.41 Å². The Morgan fingerprint density at radius 2 is 1.75 bits per heavy atom. The Labute approximate surface area is 82.5 Å². The van der Waals surface area contributed by atoms with E-state index in [1.54, 1.807) is 0 Å². The molecule has 0 fully saturated rings. The third-order valence-corrected chi connectivity index (χ3v) is 4.07. The SMILES string of the molecule is CCCCCSC(C)C(C)(C)C. The molecule has 0 aromatic carbocycles. The van der Waals surface area contributed by atoms with Crippen molar-refractivity contribution in [3.63, 3.8) is 0 Å². The molecule has 0 nitrogen and oxygen atoms in total. The Balaban J connectivity index is 3.38. The summed E-state index contributed by atoms with van der Waals surface area (Å²) < 4.78 is 0. The molecule has 0 saturated heterocycles. The molecule has 0 N–H and O–H groups in total. The lowest BCUT2D eigenvalue weighted by Gasteiger charge is -2.26. The van der Waals surface area contributed by atoms with E-state index < -0.39 is 0 Å². The number of rotatable bonds is 5. The standard InChI is InChI=1S/C11H24S/c1-6-7-8-9-12-10(2)11(3,4)5/h10H,6-9H2,1-5H3. The van der Waals surface area contributed by atoms with Crippen molar-refractivity contribution in [1.82, 2.24) is 0 Å². The second-order valence-electron chi connectivity index (χ2n) is 4.59. The molecule has 0 aliphatic carbocycles. The van der Waals surface area contributed by atoms with Gasteiger partial charge >= 0.3 is 0 Å². The van der Waals surface area contributed by atoms with Crippen molar-refractivity contribution in [2.45, 2.75) is 59.1 Å². The number of hydrogen-bond donors (Lipinski definition) is 0. The van der Waals surface area contributed by atoms with E-state index in [1.807, 2.05) is 0 Å². The molecule has 0 aromatic rings. The molecule has 0 rings (SSSR count). The fourth-order valence-electron chi connectivity index (χ4n) is 0.862. The normalized spacial score (nSPS) is 14.8. The Morgan fingerprint density at radius 3 is 2.17 bits per heavy atom. The summed E-state index contributed by atoms with van der Waals surface area (Å²) in [5, 5.41) is 0.786. The van der Waals surface area contributed by atoms with Crippen LogP contribution in [0.2, 0.25) is 0 Å². The van der Waals surface area contributed by atoms with Gasteiger partial charge in [-0.05, 0) is 17.6 Å². The van der Waals surface area contributed by atoms with Crippen molar-refractivity contribution in [3.05, 3.63) is 0 Å². The lowest BCUT2D eigenvalue weighted by atomic mass is 9.93. The molecule has 0 bridgehead atoms. The summed E-state index contributed by atoms with van der Waals surface area (Å²) in [4.78, 5) is 0. The highest BCUT2D eigenvalue weighted by atomic mass is 32.2. The first-order valence-corrected chi connectivity index (χ1v) is 6.15. The first-order chi connectivity index (χ1) is 5.48. The molecule has 12 heavy (non-hydrogen) atoms. The maximum atomic E-state index is 2.34. The van der Waals surface area contributed by atoms with Gasteiger partial charge in [-0.1, -0.05) is 47.5 Å². The van der Waals surface area contributed by atoms with E-state index in [2.05, 4.69) is 46.4 Å². The van der Waals surface area contributed by atoms with E-state index in [-0.39, 0.29) is 0 Å². The van der Waals surface area contributed by atoms with Crippen molar-refractivity contribution in [2.75, 3.05) is 5.75 Å². The van der Waals surface area contributed by atoms with Gasteiger partial charge in [-0.15, -0.1) is 0 Å². The van der Waals surface area contributed by atoms with Gasteiger partial charge in [-0.2, -0.15) is 11.8 Å². The molecular formula is C11H24S. The van der Waals surface area contributed by atoms with Crippen LogP contribution in [0.4, 0.5) is 0 Å². The van der Waals surface area contributed by atoms with Gasteiger partial charge in [0.05, 0.1) is 0 Å². The zero-order valence-electron chi connectivity index (χ0n) is 9.31. The van der Waals surface area contributed by atoms with Crippen LogP contribution >= 0.6 is 11.8 Å². The predicted molar refractivity (Wildman–Crippen MR) is 60.9 cm³/mol. The summed E-state index contributed by atoms with van der Waals surface area (Å²) in [6.45, 7) is 11.6. The minimum absolute atomic E-state index is 0.469. The van der Waals surface area contributed by atoms with Gasteiger partial charge in [0, 0.05) is 5.25 Å². The lowest BCUT2D eigenvalue weighted by molar-refractivity contribution is 0.411. The summed E-state index contributed by atoms with van der Waals surface area (Å²) in [5.41, 5.74) is 0.469. The highest BCUT2D eigenvalue weighted by molar-refractivity contribution is 7.99. The maximum Gasteiger partial charge on any atom is 0.00672 e. The number of unbranched alkanes of at least 4 members (excludes halogenated alkanes) is 2. The van der Waals surface area contributed by atoms with Gasteiger partial charge in [-0.25, -0.2) is 0 Å². The van der Waals surface area contributed by atoms with Crippen LogP contribution in [0.5, 0.6) is 0 Å². The molecule has 0 amide bonds. The summed E-state index contributed by atoms with van der Waals surface area (Å²) in [6.07, 6.45) is 4.12. The van der Waals surface area contributed by atoms with Gasteiger partial charge < -0.3 is 0 Å². The smallest absolute Gasteiger partial charge is 0.00672 e. The van der Waals surface area contributed by atoms with E-state index in [9.17, 15) is 0 Å². The molecule has 74 valence electrons. The zero-order chi connectivity index (χ0) is 9.61. The fraction of sp³-hybridized carbons (Fsp3) is 1.00. The van der Waals surface area contributed by atoms with Crippen LogP contribution in [0.1, 0.15) is 53.9 Å². The molecule has 0 radical (unpaired) electrons. The molecule has 0 saturated carbocycles. The molecule has 0 aromatic heterocycles. The van der Waals surface area contributed by atoms with Gasteiger partial charge in [-0.3, -0.25) is 0 Å². The minimum Gasteiger partial charge on any atom is -0.158 e. The van der Waals surface area contributed by atoms with E-state index in [0.717, 1.165) is 5.25 Å². The third-order valence-electron chi connectivity index (χ3n) is 2.34. The lowest BCUT2D eigenvalue weighted by Crippen LogP contribution is -2.19. The van der Waals surface area contributed by atoms with Crippen LogP contribution in [0.25, 0.3) is 0 Å². The third kappa shape index (κ3) is 5.93. The Bertz CT molecular complexity index is 102. The van der Waals surface area contributed by atoms with Crippen molar-refractivity contribution >= 4 is 11.8 Å². The Morgan fingerprint density at radius 1 is 1.17 bits per heavy atom. The van der Waals surface area contributed by atoms with Crippen LogP contribution in [0.15, 0.2) is 0 Å². The summed E-state index contributed by atoms with van der Waals surface area (Å²) >= 11 is 2.12. The average Bonchev–Trinajstić information content (AvgIpc) is 1.96. The second kappa shape index (κ2) is 5.90. The molecule has 1 unspecified atom stereocenters. The van der Waals surface area contributed by atoms with Crippen LogP contribution in [-0.4, -0.2) is 11.0 Å². The molecule has 1 heteroatoms. The quantitative estimate of drug-likeness (QED) is 0.578. The van der Waals surface area contributed by atoms with Crippen LogP contribution < -0.4 is 0 Å². The largest absolute Gasteiger partial charge is 0.158 e. The van der Waals surface area contributed by atoms with Gasteiger partial charge in [0.15, 0.2) is 0 Å². The van der Waals surface area contributed by atoms with E-state index in [4.69, 9.17) is 0 Å². The Hall–Kier alpha value is 0.350. The first-order valence-electron chi connectivity index (χ1n) is 5.10. The van der Waals surface area contributed by atoms with E-state index in [0.29, 0.717) is 5.41 Å². The first kappa shape index (κ1) is 12.3. The maximum absolute atomic E-state index is 2.34. The highest BCUT2D eigenvalue weighted by Crippen LogP contribution is 2.30. The van der Waals surface area contributed by atoms with Crippen molar-refractivity contribution in [1.29, 1.82) is 0 Å². The van der Waals surface area contributed by atoms with E-state index >= 15 is 0 Å². The number of hydrogen-bond acceptors (Lipinski definition) is 1. The van der Waals surface area contributed by atoms with E-state index in [1.165, 1.54) is 25.0 Å². The highest BCUT2D eigenvalue weighted by Gasteiger charge is 2.19. The van der Waals surface area contributed by atoms with Crippen LogP contribution in [-0.2, 0) is 0 Å². The van der Waals surface area contributed by atoms with Crippen molar-refractivity contribution < 1.29 is 0 Å². The Kier molecular flexibility index (Phi) is 6.08. The van der Waals surface area contributed by atoms with Crippen molar-refractivity contribution in [3.8, 4) is 0 Å². The average molecular weight is 188 g/mol. The second-order valence-corrected chi connectivity index (χ2v) is 6.03. The van der Waals surface area contributed by atoms with Gasteiger partial charge in [0.25, 0.3) is 0 Å². The van der Waals surface area contributed by atoms with Gasteiger partial charge in [0.1, 0.15) is 0 Å². The summed E-state index contributed by atoms with van der Waals surface area (Å²) in [6, 6.07) is 0. The summed E-state index contributed by atoms with van der Waals surface area (Å²) in [7, 11) is 0. The fourth-order valence-corrected chi connectivity index (χ4v) is 2.09. The molecule has 0 spiro atoms. The monoisotopic (exact) mass is 188 g/mol. The molecule has 0 aliphatic rings. The summed E-state index contributed by atoms with van der Waals surface area (Å²) in [5.74, 6) is 1.34. The topological polar surface area (TPSA) is 0 Å². The predicted octanol–water partition coefficient (Wildman–Crippen LogP) is 4.34. The molecule has 0 aliphatic heterocycles. The molecule has 0 heterocycles. The number of thioether (sulfide) groups is 1. The molecule has 1 atom stereocenters. The minimum atomic E-state index is 0.469. The van der Waals surface area contributed by atoms with Crippen LogP contribution in [0.3, 0.4) is 0 Å². The van der Waals surface area contributed by atoms with Crippen LogP contribution in [0, 0.1) is 5.41 Å².